The lowest BCUT2D eigenvalue weighted by molar-refractivity contribution is 0.160. The number of rotatable bonds is 4. The van der Waals surface area contributed by atoms with E-state index in [1.807, 2.05) is 29.2 Å². The van der Waals surface area contributed by atoms with Crippen LogP contribution in [0, 0.1) is 6.92 Å². The van der Waals surface area contributed by atoms with Crippen molar-refractivity contribution in [3.8, 4) is 5.75 Å². The van der Waals surface area contributed by atoms with Gasteiger partial charge in [-0.05, 0) is 80.4 Å². The second-order valence-corrected chi connectivity index (χ2v) is 9.89. The van der Waals surface area contributed by atoms with E-state index >= 15 is 0 Å². The van der Waals surface area contributed by atoms with E-state index in [-0.39, 0.29) is 11.4 Å². The Labute approximate surface area is 206 Å². The molecule has 0 atom stereocenters. The van der Waals surface area contributed by atoms with Crippen LogP contribution in [0.15, 0.2) is 66.7 Å². The van der Waals surface area contributed by atoms with E-state index in [1.165, 1.54) is 16.7 Å². The summed E-state index contributed by atoms with van der Waals surface area (Å²) in [6.45, 7) is 5.72. The van der Waals surface area contributed by atoms with Gasteiger partial charge in [0.25, 0.3) is 0 Å². The molecule has 0 radical (unpaired) electrons. The zero-order valence-corrected chi connectivity index (χ0v) is 20.4. The molecule has 2 aliphatic rings. The van der Waals surface area contributed by atoms with Crippen molar-refractivity contribution in [3.05, 3.63) is 88.4 Å². The Morgan fingerprint density at radius 2 is 1.85 bits per heavy atom. The molecule has 176 valence electrons. The van der Waals surface area contributed by atoms with Crippen LogP contribution in [0.2, 0.25) is 5.02 Å². The first kappa shape index (κ1) is 22.8. The summed E-state index contributed by atoms with van der Waals surface area (Å²) in [5, 5.41) is 3.64. The van der Waals surface area contributed by atoms with Gasteiger partial charge in [0.05, 0.1) is 7.11 Å². The van der Waals surface area contributed by atoms with Crippen molar-refractivity contribution in [1.29, 1.82) is 0 Å². The van der Waals surface area contributed by atoms with E-state index in [9.17, 15) is 4.79 Å². The third-order valence-corrected chi connectivity index (χ3v) is 7.38. The minimum absolute atomic E-state index is 0.0160. The first-order valence-electron chi connectivity index (χ1n) is 11.8. The van der Waals surface area contributed by atoms with E-state index in [2.05, 4.69) is 47.5 Å². The van der Waals surface area contributed by atoms with Gasteiger partial charge in [-0.3, -0.25) is 9.80 Å². The smallest absolute Gasteiger partial charge is 0.326 e. The number of hydrogen-bond donors (Lipinski definition) is 1. The highest BCUT2D eigenvalue weighted by atomic mass is 35.5. The molecule has 3 aromatic rings. The molecule has 2 amide bonds. The summed E-state index contributed by atoms with van der Waals surface area (Å²) in [6, 6.07) is 21.9. The van der Waals surface area contributed by atoms with Gasteiger partial charge in [0.15, 0.2) is 0 Å². The SMILES string of the molecule is COc1cccc(CN2CCC3(CC2)CN(C(=O)Nc2cccc(Cl)c2)c2ccc(C)cc23)c1. The quantitative estimate of drug-likeness (QED) is 0.485. The number of nitrogens with one attached hydrogen (secondary N) is 1. The number of anilines is 2. The largest absolute Gasteiger partial charge is 0.497 e. The summed E-state index contributed by atoms with van der Waals surface area (Å²) in [7, 11) is 1.71. The molecule has 0 bridgehead atoms. The first-order valence-corrected chi connectivity index (χ1v) is 12.1. The summed E-state index contributed by atoms with van der Waals surface area (Å²) < 4.78 is 5.38. The molecule has 2 aliphatic heterocycles. The lowest BCUT2D eigenvalue weighted by Crippen LogP contribution is -2.46. The highest BCUT2D eigenvalue weighted by Crippen LogP contribution is 2.47. The maximum absolute atomic E-state index is 13.3. The standard InChI is InChI=1S/C28H30ClN3O2/c1-20-9-10-26-25(15-20)28(19-32(26)27(33)30-23-7-4-6-22(29)17-23)11-13-31(14-12-28)18-21-5-3-8-24(16-21)34-2/h3-10,15-17H,11-14,18-19H2,1-2H3,(H,30,33). The average molecular weight is 476 g/mol. The predicted octanol–water partition coefficient (Wildman–Crippen LogP) is 6.24. The molecule has 6 heteroatoms. The fourth-order valence-electron chi connectivity index (χ4n) is 5.32. The summed E-state index contributed by atoms with van der Waals surface area (Å²) >= 11 is 6.12. The van der Waals surface area contributed by atoms with E-state index in [0.29, 0.717) is 17.3 Å². The molecular formula is C28H30ClN3O2. The molecule has 5 rings (SSSR count). The number of piperidine rings is 1. The normalized spacial score (nSPS) is 17.0. The van der Waals surface area contributed by atoms with Gasteiger partial charge in [-0.15, -0.1) is 0 Å². The van der Waals surface area contributed by atoms with Crippen LogP contribution in [0.1, 0.15) is 29.5 Å². The molecule has 1 N–H and O–H groups in total. The number of nitrogens with zero attached hydrogens (tertiary/aromatic N) is 2. The van der Waals surface area contributed by atoms with E-state index in [0.717, 1.165) is 43.9 Å². The number of carbonyl (C=O) groups is 1. The molecule has 3 aromatic carbocycles. The zero-order chi connectivity index (χ0) is 23.7. The van der Waals surface area contributed by atoms with Crippen molar-refractivity contribution in [2.75, 3.05) is 37.0 Å². The highest BCUT2D eigenvalue weighted by molar-refractivity contribution is 6.30. The molecule has 0 aromatic heterocycles. The molecule has 1 saturated heterocycles. The number of ether oxygens (including phenoxy) is 1. The Balaban J connectivity index is 1.33. The van der Waals surface area contributed by atoms with E-state index in [4.69, 9.17) is 16.3 Å². The third kappa shape index (κ3) is 4.50. The molecule has 5 nitrogen and oxygen atoms in total. The number of aryl methyl sites for hydroxylation is 1. The number of likely N-dealkylation sites (tertiary alicyclic amines) is 1. The van der Waals surface area contributed by atoms with Gasteiger partial charge >= 0.3 is 6.03 Å². The lowest BCUT2D eigenvalue weighted by atomic mass is 9.74. The Kier molecular flexibility index (Phi) is 6.24. The molecule has 1 fully saturated rings. The fourth-order valence-corrected chi connectivity index (χ4v) is 5.51. The molecule has 2 heterocycles. The molecule has 1 spiro atoms. The summed E-state index contributed by atoms with van der Waals surface area (Å²) in [5.41, 5.74) is 5.51. The number of hydrogen-bond acceptors (Lipinski definition) is 3. The van der Waals surface area contributed by atoms with Gasteiger partial charge in [0.2, 0.25) is 0 Å². The van der Waals surface area contributed by atoms with Crippen LogP contribution >= 0.6 is 11.6 Å². The van der Waals surface area contributed by atoms with Crippen molar-refractivity contribution >= 4 is 29.0 Å². The van der Waals surface area contributed by atoms with Crippen LogP contribution in [0.25, 0.3) is 0 Å². The van der Waals surface area contributed by atoms with Crippen LogP contribution in [0.5, 0.6) is 5.75 Å². The second kappa shape index (κ2) is 9.32. The third-order valence-electron chi connectivity index (χ3n) is 7.15. The van der Waals surface area contributed by atoms with Crippen LogP contribution in [0.3, 0.4) is 0 Å². The maximum atomic E-state index is 13.3. The number of halogens is 1. The minimum Gasteiger partial charge on any atom is -0.497 e. The second-order valence-electron chi connectivity index (χ2n) is 9.46. The van der Waals surface area contributed by atoms with Gasteiger partial charge in [-0.1, -0.05) is 47.5 Å². The Hall–Kier alpha value is -3.02. The minimum atomic E-state index is -0.108. The van der Waals surface area contributed by atoms with Gasteiger partial charge in [0, 0.05) is 34.9 Å². The predicted molar refractivity (Wildman–Crippen MR) is 138 cm³/mol. The zero-order valence-electron chi connectivity index (χ0n) is 19.7. The summed E-state index contributed by atoms with van der Waals surface area (Å²) in [6.07, 6.45) is 2.04. The summed E-state index contributed by atoms with van der Waals surface area (Å²) in [5.74, 6) is 0.896. The fraction of sp³-hybridized carbons (Fsp3) is 0.321. The molecule has 0 saturated carbocycles. The number of fused-ring (bicyclic) bond motifs is 2. The number of urea groups is 1. The number of methoxy groups -OCH3 is 1. The monoisotopic (exact) mass is 475 g/mol. The van der Waals surface area contributed by atoms with Crippen molar-refractivity contribution in [2.45, 2.75) is 31.7 Å². The lowest BCUT2D eigenvalue weighted by Gasteiger charge is -2.40. The van der Waals surface area contributed by atoms with Crippen LogP contribution in [-0.2, 0) is 12.0 Å². The van der Waals surface area contributed by atoms with Crippen LogP contribution in [0.4, 0.5) is 16.2 Å². The van der Waals surface area contributed by atoms with Crippen molar-refractivity contribution in [2.24, 2.45) is 0 Å². The first-order chi connectivity index (χ1) is 16.5. The Morgan fingerprint density at radius 3 is 2.62 bits per heavy atom. The molecule has 0 aliphatic carbocycles. The van der Waals surface area contributed by atoms with Gasteiger partial charge in [-0.2, -0.15) is 0 Å². The Morgan fingerprint density at radius 1 is 1.06 bits per heavy atom. The van der Waals surface area contributed by atoms with Gasteiger partial charge < -0.3 is 10.1 Å². The highest BCUT2D eigenvalue weighted by Gasteiger charge is 2.46. The topological polar surface area (TPSA) is 44.8 Å². The number of carbonyl (C=O) groups excluding carboxylic acids is 1. The molecular weight excluding hydrogens is 446 g/mol. The van der Waals surface area contributed by atoms with Crippen molar-refractivity contribution in [1.82, 2.24) is 4.90 Å². The van der Waals surface area contributed by atoms with Crippen LogP contribution < -0.4 is 15.0 Å². The maximum Gasteiger partial charge on any atom is 0.326 e. The molecule has 0 unspecified atom stereocenters. The van der Waals surface area contributed by atoms with E-state index in [1.54, 1.807) is 19.2 Å². The van der Waals surface area contributed by atoms with E-state index < -0.39 is 0 Å². The molecule has 34 heavy (non-hydrogen) atoms. The summed E-state index contributed by atoms with van der Waals surface area (Å²) in [4.78, 5) is 17.7. The van der Waals surface area contributed by atoms with Gasteiger partial charge in [-0.25, -0.2) is 4.79 Å². The van der Waals surface area contributed by atoms with Crippen molar-refractivity contribution < 1.29 is 9.53 Å². The van der Waals surface area contributed by atoms with Crippen molar-refractivity contribution in [3.63, 3.8) is 0 Å². The number of amides is 2. The van der Waals surface area contributed by atoms with Gasteiger partial charge in [0.1, 0.15) is 5.75 Å². The average Bonchev–Trinajstić information content (AvgIpc) is 3.14. The Bertz CT molecular complexity index is 1200. The van der Waals surface area contributed by atoms with Crippen LogP contribution in [-0.4, -0.2) is 37.7 Å². The number of benzene rings is 3.